The first-order valence-electron chi connectivity index (χ1n) is 7.47. The highest BCUT2D eigenvalue weighted by Crippen LogP contribution is 2.34. The Labute approximate surface area is 140 Å². The summed E-state index contributed by atoms with van der Waals surface area (Å²) in [5.74, 6) is -0.607. The molecule has 1 aromatic heterocycles. The summed E-state index contributed by atoms with van der Waals surface area (Å²) in [6.45, 7) is 1.60. The molecule has 2 aromatic carbocycles. The van der Waals surface area contributed by atoms with E-state index in [4.69, 9.17) is 5.73 Å². The number of nitrogens with two attached hydrogens (primary N) is 1. The van der Waals surface area contributed by atoms with Crippen LogP contribution in [0.2, 0.25) is 0 Å². The van der Waals surface area contributed by atoms with Gasteiger partial charge in [-0.3, -0.25) is 9.36 Å². The normalized spacial score (nSPS) is 13.2. The average Bonchev–Trinajstić information content (AvgIpc) is 2.53. The fraction of sp³-hybridized carbons (Fsp3) is 0.167. The first-order valence-corrected chi connectivity index (χ1v) is 7.47. The molecule has 130 valence electrons. The van der Waals surface area contributed by atoms with E-state index in [0.717, 1.165) is 16.7 Å². The van der Waals surface area contributed by atoms with Crippen molar-refractivity contribution in [2.45, 2.75) is 19.1 Å². The van der Waals surface area contributed by atoms with Crippen LogP contribution in [0.4, 0.5) is 17.6 Å². The molecular formula is C18H14F4N2O. The van der Waals surface area contributed by atoms with Crippen LogP contribution in [0.25, 0.3) is 16.5 Å². The van der Waals surface area contributed by atoms with Crippen molar-refractivity contribution in [2.24, 2.45) is 5.73 Å². The van der Waals surface area contributed by atoms with E-state index in [-0.39, 0.29) is 11.1 Å². The van der Waals surface area contributed by atoms with E-state index in [0.29, 0.717) is 5.69 Å². The summed E-state index contributed by atoms with van der Waals surface area (Å²) in [7, 11) is 0. The SMILES string of the molecule is CC(N)c1cc2cccc(C(F)(F)F)c2c(=O)n1-c1cccc(F)c1. The molecule has 1 heterocycles. The maximum Gasteiger partial charge on any atom is 0.417 e. The van der Waals surface area contributed by atoms with E-state index in [1.165, 1.54) is 36.4 Å². The minimum Gasteiger partial charge on any atom is -0.323 e. The van der Waals surface area contributed by atoms with Crippen molar-refractivity contribution in [3.05, 3.63) is 76.0 Å². The molecule has 7 heteroatoms. The molecule has 1 atom stereocenters. The number of pyridine rings is 1. The molecule has 0 radical (unpaired) electrons. The molecule has 0 amide bonds. The summed E-state index contributed by atoms with van der Waals surface area (Å²) in [4.78, 5) is 12.9. The summed E-state index contributed by atoms with van der Waals surface area (Å²) < 4.78 is 54.6. The van der Waals surface area contributed by atoms with Crippen molar-refractivity contribution in [1.82, 2.24) is 4.57 Å². The molecular weight excluding hydrogens is 336 g/mol. The number of rotatable bonds is 2. The first kappa shape index (κ1) is 17.2. The Morgan fingerprint density at radius 3 is 2.36 bits per heavy atom. The lowest BCUT2D eigenvalue weighted by atomic mass is 10.0. The van der Waals surface area contributed by atoms with Crippen molar-refractivity contribution in [1.29, 1.82) is 0 Å². The Morgan fingerprint density at radius 1 is 1.08 bits per heavy atom. The van der Waals surface area contributed by atoms with E-state index < -0.39 is 34.5 Å². The van der Waals surface area contributed by atoms with Gasteiger partial charge in [-0.1, -0.05) is 18.2 Å². The lowest BCUT2D eigenvalue weighted by molar-refractivity contribution is -0.136. The standard InChI is InChI=1S/C18H14F4N2O/c1-10(23)15-8-11-4-2-7-14(18(20,21)22)16(11)17(25)24(15)13-6-3-5-12(19)9-13/h2-10H,23H2,1H3. The molecule has 25 heavy (non-hydrogen) atoms. The lowest BCUT2D eigenvalue weighted by Gasteiger charge is -2.19. The fourth-order valence-electron chi connectivity index (χ4n) is 2.83. The average molecular weight is 350 g/mol. The highest BCUT2D eigenvalue weighted by atomic mass is 19.4. The third-order valence-corrected chi connectivity index (χ3v) is 3.91. The van der Waals surface area contributed by atoms with Gasteiger partial charge in [0.2, 0.25) is 0 Å². The minimum absolute atomic E-state index is 0.121. The Kier molecular flexibility index (Phi) is 4.12. The second-order valence-corrected chi connectivity index (χ2v) is 5.75. The highest BCUT2D eigenvalue weighted by Gasteiger charge is 2.34. The van der Waals surface area contributed by atoms with Crippen LogP contribution >= 0.6 is 0 Å². The maximum absolute atomic E-state index is 13.6. The zero-order valence-corrected chi connectivity index (χ0v) is 13.1. The van der Waals surface area contributed by atoms with Crippen molar-refractivity contribution >= 4 is 10.8 Å². The van der Waals surface area contributed by atoms with E-state index in [2.05, 4.69) is 0 Å². The predicted molar refractivity (Wildman–Crippen MR) is 87.1 cm³/mol. The fourth-order valence-corrected chi connectivity index (χ4v) is 2.83. The van der Waals surface area contributed by atoms with Gasteiger partial charge in [0.05, 0.1) is 16.6 Å². The molecule has 0 fully saturated rings. The Balaban J connectivity index is 2.49. The second-order valence-electron chi connectivity index (χ2n) is 5.75. The van der Waals surface area contributed by atoms with Crippen LogP contribution in [0.5, 0.6) is 0 Å². The monoisotopic (exact) mass is 350 g/mol. The molecule has 3 aromatic rings. The summed E-state index contributed by atoms with van der Waals surface area (Å²) >= 11 is 0. The third-order valence-electron chi connectivity index (χ3n) is 3.91. The lowest BCUT2D eigenvalue weighted by Crippen LogP contribution is -2.27. The van der Waals surface area contributed by atoms with Gasteiger partial charge in [0, 0.05) is 11.7 Å². The van der Waals surface area contributed by atoms with E-state index in [1.807, 2.05) is 0 Å². The van der Waals surface area contributed by atoms with Crippen molar-refractivity contribution in [2.75, 3.05) is 0 Å². The Hall–Kier alpha value is -2.67. The largest absolute Gasteiger partial charge is 0.417 e. The zero-order valence-electron chi connectivity index (χ0n) is 13.1. The Bertz CT molecular complexity index is 1010. The smallest absolute Gasteiger partial charge is 0.323 e. The van der Waals surface area contributed by atoms with Gasteiger partial charge in [0.1, 0.15) is 5.82 Å². The summed E-state index contributed by atoms with van der Waals surface area (Å²) in [5, 5.41) is -0.330. The van der Waals surface area contributed by atoms with Gasteiger partial charge in [-0.2, -0.15) is 13.2 Å². The highest BCUT2D eigenvalue weighted by molar-refractivity contribution is 5.86. The van der Waals surface area contributed by atoms with Crippen LogP contribution < -0.4 is 11.3 Å². The molecule has 0 aliphatic rings. The van der Waals surface area contributed by atoms with Gasteiger partial charge in [-0.15, -0.1) is 0 Å². The maximum atomic E-state index is 13.6. The van der Waals surface area contributed by atoms with Crippen LogP contribution in [-0.4, -0.2) is 4.57 Å². The molecule has 0 aliphatic carbocycles. The number of aromatic nitrogens is 1. The summed E-state index contributed by atoms with van der Waals surface area (Å²) in [6, 6.07) is 9.38. The van der Waals surface area contributed by atoms with Gasteiger partial charge in [0.25, 0.3) is 5.56 Å². The number of alkyl halides is 3. The van der Waals surface area contributed by atoms with Crippen LogP contribution in [0, 0.1) is 5.82 Å². The number of benzene rings is 2. The van der Waals surface area contributed by atoms with Crippen molar-refractivity contribution in [3.63, 3.8) is 0 Å². The van der Waals surface area contributed by atoms with Crippen molar-refractivity contribution < 1.29 is 17.6 Å². The van der Waals surface area contributed by atoms with E-state index >= 15 is 0 Å². The van der Waals surface area contributed by atoms with Crippen LogP contribution in [0.3, 0.4) is 0 Å². The van der Waals surface area contributed by atoms with E-state index in [1.54, 1.807) is 6.92 Å². The zero-order chi connectivity index (χ0) is 18.4. The van der Waals surface area contributed by atoms with Crippen LogP contribution in [0.1, 0.15) is 24.2 Å². The molecule has 0 spiro atoms. The molecule has 1 unspecified atom stereocenters. The number of hydrogen-bond donors (Lipinski definition) is 1. The minimum atomic E-state index is -4.69. The summed E-state index contributed by atoms with van der Waals surface area (Å²) in [5.41, 5.74) is 4.40. The number of halogens is 4. The van der Waals surface area contributed by atoms with Gasteiger partial charge >= 0.3 is 6.18 Å². The number of fused-ring (bicyclic) bond motifs is 1. The number of nitrogens with zero attached hydrogens (tertiary/aromatic N) is 1. The van der Waals surface area contributed by atoms with Crippen LogP contribution in [-0.2, 0) is 6.18 Å². The molecule has 0 saturated carbocycles. The number of hydrogen-bond acceptors (Lipinski definition) is 2. The topological polar surface area (TPSA) is 48.0 Å². The third kappa shape index (κ3) is 3.02. The quantitative estimate of drug-likeness (QED) is 0.705. The van der Waals surface area contributed by atoms with Gasteiger partial charge in [0.15, 0.2) is 0 Å². The molecule has 0 bridgehead atoms. The molecule has 3 rings (SSSR count). The van der Waals surface area contributed by atoms with Gasteiger partial charge < -0.3 is 5.73 Å². The van der Waals surface area contributed by atoms with Crippen LogP contribution in [0.15, 0.2) is 53.3 Å². The molecule has 2 N–H and O–H groups in total. The second kappa shape index (κ2) is 6.00. The first-order chi connectivity index (χ1) is 11.7. The Morgan fingerprint density at radius 2 is 1.76 bits per heavy atom. The predicted octanol–water partition coefficient (Wildman–Crippen LogP) is 4.17. The van der Waals surface area contributed by atoms with Gasteiger partial charge in [-0.25, -0.2) is 4.39 Å². The van der Waals surface area contributed by atoms with E-state index in [9.17, 15) is 22.4 Å². The van der Waals surface area contributed by atoms with Gasteiger partial charge in [-0.05, 0) is 42.6 Å². The molecule has 0 aliphatic heterocycles. The summed E-state index contributed by atoms with van der Waals surface area (Å²) in [6.07, 6.45) is -4.69. The molecule has 0 saturated heterocycles. The molecule has 3 nitrogen and oxygen atoms in total. The van der Waals surface area contributed by atoms with Crippen molar-refractivity contribution in [3.8, 4) is 5.69 Å².